The Kier molecular flexibility index (Phi) is 7.02. The fourth-order valence-corrected chi connectivity index (χ4v) is 5.01. The lowest BCUT2D eigenvalue weighted by Gasteiger charge is -2.35. The SMILES string of the molecule is C=C(Nc1cc(Nc2ncc3cccc(OC(C)C)c3n2)cc2[nH]c(C)nc12)C1CCN(C(C)C)CC1. The van der Waals surface area contributed by atoms with E-state index in [4.69, 9.17) is 14.7 Å². The van der Waals surface area contributed by atoms with Gasteiger partial charge in [-0.1, -0.05) is 18.7 Å². The van der Waals surface area contributed by atoms with E-state index >= 15 is 0 Å². The van der Waals surface area contributed by atoms with E-state index < -0.39 is 0 Å². The van der Waals surface area contributed by atoms with Gasteiger partial charge < -0.3 is 25.3 Å². The highest BCUT2D eigenvalue weighted by atomic mass is 16.5. The van der Waals surface area contributed by atoms with Crippen LogP contribution in [0.15, 0.2) is 48.8 Å². The number of aromatic nitrogens is 4. The predicted molar refractivity (Wildman–Crippen MR) is 152 cm³/mol. The number of imidazole rings is 1. The molecule has 1 fully saturated rings. The molecule has 0 amide bonds. The van der Waals surface area contributed by atoms with Gasteiger partial charge in [-0.2, -0.15) is 0 Å². The topological polar surface area (TPSA) is 91.0 Å². The maximum absolute atomic E-state index is 5.98. The van der Waals surface area contributed by atoms with Crippen LogP contribution >= 0.6 is 0 Å². The van der Waals surface area contributed by atoms with Crippen molar-refractivity contribution < 1.29 is 4.74 Å². The van der Waals surface area contributed by atoms with Crippen LogP contribution in [-0.2, 0) is 0 Å². The second-order valence-corrected chi connectivity index (χ2v) is 10.5. The highest BCUT2D eigenvalue weighted by Gasteiger charge is 2.23. The molecule has 0 atom stereocenters. The molecule has 1 aliphatic rings. The number of piperidine rings is 1. The quantitative estimate of drug-likeness (QED) is 0.259. The van der Waals surface area contributed by atoms with Gasteiger partial charge in [0.25, 0.3) is 0 Å². The molecule has 0 saturated carbocycles. The van der Waals surface area contributed by atoms with Gasteiger partial charge in [0.15, 0.2) is 0 Å². The number of hydrogen-bond donors (Lipinski definition) is 3. The normalized spacial score (nSPS) is 15.1. The van der Waals surface area contributed by atoms with Gasteiger partial charge in [-0.25, -0.2) is 15.0 Å². The summed E-state index contributed by atoms with van der Waals surface area (Å²) in [6, 6.07) is 10.6. The molecule has 37 heavy (non-hydrogen) atoms. The lowest BCUT2D eigenvalue weighted by Crippen LogP contribution is -2.39. The minimum Gasteiger partial charge on any atom is -0.489 e. The van der Waals surface area contributed by atoms with Crippen molar-refractivity contribution in [3.05, 3.63) is 54.6 Å². The van der Waals surface area contributed by atoms with Crippen molar-refractivity contribution >= 4 is 39.3 Å². The molecule has 5 rings (SSSR count). The fraction of sp³-hybridized carbons (Fsp3) is 0.414. The third-order valence-electron chi connectivity index (χ3n) is 6.95. The van der Waals surface area contributed by atoms with Crippen LogP contribution in [0.1, 0.15) is 46.4 Å². The molecular formula is C29H37N7O. The van der Waals surface area contributed by atoms with E-state index in [9.17, 15) is 0 Å². The molecule has 0 radical (unpaired) electrons. The number of anilines is 3. The molecule has 3 N–H and O–H groups in total. The van der Waals surface area contributed by atoms with Crippen LogP contribution < -0.4 is 15.4 Å². The molecule has 1 saturated heterocycles. The first-order valence-corrected chi connectivity index (χ1v) is 13.2. The molecule has 194 valence electrons. The Morgan fingerprint density at radius 3 is 2.62 bits per heavy atom. The first kappa shape index (κ1) is 25.0. The van der Waals surface area contributed by atoms with Crippen LogP contribution in [0.2, 0.25) is 0 Å². The van der Waals surface area contributed by atoms with Crippen molar-refractivity contribution in [1.82, 2.24) is 24.8 Å². The maximum Gasteiger partial charge on any atom is 0.227 e. The Bertz CT molecular complexity index is 1420. The Balaban J connectivity index is 1.41. The number of benzene rings is 2. The molecular weight excluding hydrogens is 462 g/mol. The van der Waals surface area contributed by atoms with Crippen molar-refractivity contribution in [2.45, 2.75) is 59.6 Å². The number of allylic oxidation sites excluding steroid dienone is 1. The third-order valence-corrected chi connectivity index (χ3v) is 6.95. The van der Waals surface area contributed by atoms with Crippen LogP contribution in [0.5, 0.6) is 5.75 Å². The molecule has 1 aliphatic heterocycles. The summed E-state index contributed by atoms with van der Waals surface area (Å²) in [5.41, 5.74) is 5.45. The van der Waals surface area contributed by atoms with E-state index in [1.807, 2.05) is 51.2 Å². The van der Waals surface area contributed by atoms with E-state index in [-0.39, 0.29) is 6.10 Å². The zero-order valence-corrected chi connectivity index (χ0v) is 22.4. The largest absolute Gasteiger partial charge is 0.489 e. The summed E-state index contributed by atoms with van der Waals surface area (Å²) >= 11 is 0. The van der Waals surface area contributed by atoms with Gasteiger partial charge in [-0.15, -0.1) is 0 Å². The average Bonchev–Trinajstić information content (AvgIpc) is 3.24. The number of aromatic amines is 1. The van der Waals surface area contributed by atoms with Gasteiger partial charge in [0.1, 0.15) is 22.6 Å². The van der Waals surface area contributed by atoms with Crippen LogP contribution in [0, 0.1) is 12.8 Å². The van der Waals surface area contributed by atoms with Crippen LogP contribution in [-0.4, -0.2) is 50.1 Å². The molecule has 0 bridgehead atoms. The molecule has 0 aliphatic carbocycles. The lowest BCUT2D eigenvalue weighted by molar-refractivity contribution is 0.161. The summed E-state index contributed by atoms with van der Waals surface area (Å²) < 4.78 is 5.98. The molecule has 2 aromatic heterocycles. The van der Waals surface area contributed by atoms with E-state index in [2.05, 4.69) is 52.0 Å². The monoisotopic (exact) mass is 499 g/mol. The summed E-state index contributed by atoms with van der Waals surface area (Å²) in [5, 5.41) is 7.93. The van der Waals surface area contributed by atoms with Gasteiger partial charge in [0, 0.05) is 34.9 Å². The zero-order chi connectivity index (χ0) is 26.1. The minimum atomic E-state index is 0.0577. The van der Waals surface area contributed by atoms with E-state index in [0.29, 0.717) is 17.9 Å². The standard InChI is InChI=1S/C29H37N7O/c1-17(2)36-12-10-21(11-13-36)19(5)31-24-14-23(15-25-28(24)33-20(6)32-25)34-29-30-16-22-8-7-9-26(27(22)35-29)37-18(3)4/h7-9,14-18,21,31H,5,10-13H2,1-4,6H3,(H,32,33)(H,30,34,35). The third kappa shape index (κ3) is 5.54. The number of fused-ring (bicyclic) bond motifs is 2. The van der Waals surface area contributed by atoms with Gasteiger partial charge >= 0.3 is 0 Å². The second kappa shape index (κ2) is 10.4. The first-order valence-electron chi connectivity index (χ1n) is 13.2. The summed E-state index contributed by atoms with van der Waals surface area (Å²) in [6.45, 7) is 17.1. The molecule has 0 unspecified atom stereocenters. The highest BCUT2D eigenvalue weighted by Crippen LogP contribution is 2.32. The van der Waals surface area contributed by atoms with Crippen molar-refractivity contribution in [2.75, 3.05) is 23.7 Å². The number of nitrogens with one attached hydrogen (secondary N) is 3. The Morgan fingerprint density at radius 2 is 1.89 bits per heavy atom. The molecule has 4 aromatic rings. The second-order valence-electron chi connectivity index (χ2n) is 10.5. The van der Waals surface area contributed by atoms with Crippen LogP contribution in [0.4, 0.5) is 17.3 Å². The Hall–Kier alpha value is -3.65. The molecule has 8 nitrogen and oxygen atoms in total. The number of aryl methyl sites for hydroxylation is 1. The van der Waals surface area contributed by atoms with E-state index in [1.165, 1.54) is 0 Å². The smallest absolute Gasteiger partial charge is 0.227 e. The van der Waals surface area contributed by atoms with Crippen molar-refractivity contribution in [3.8, 4) is 5.75 Å². The average molecular weight is 500 g/mol. The lowest BCUT2D eigenvalue weighted by atomic mass is 9.93. The first-order chi connectivity index (χ1) is 17.8. The molecule has 8 heteroatoms. The summed E-state index contributed by atoms with van der Waals surface area (Å²) in [5.74, 6) is 2.56. The number of para-hydroxylation sites is 1. The summed E-state index contributed by atoms with van der Waals surface area (Å²) in [4.78, 5) is 20.0. The van der Waals surface area contributed by atoms with Gasteiger partial charge in [0.05, 0.1) is 17.3 Å². The van der Waals surface area contributed by atoms with Gasteiger partial charge in [-0.3, -0.25) is 0 Å². The van der Waals surface area contributed by atoms with Crippen LogP contribution in [0.3, 0.4) is 0 Å². The number of ether oxygens (including phenoxy) is 1. The van der Waals surface area contributed by atoms with Gasteiger partial charge in [0.2, 0.25) is 5.95 Å². The van der Waals surface area contributed by atoms with E-state index in [0.717, 1.165) is 76.5 Å². The number of nitrogens with zero attached hydrogens (tertiary/aromatic N) is 4. The number of hydrogen-bond acceptors (Lipinski definition) is 7. The molecule has 2 aromatic carbocycles. The molecule has 0 spiro atoms. The maximum atomic E-state index is 5.98. The summed E-state index contributed by atoms with van der Waals surface area (Å²) in [6.07, 6.45) is 4.09. The Morgan fingerprint density at radius 1 is 1.11 bits per heavy atom. The highest BCUT2D eigenvalue weighted by molar-refractivity contribution is 5.93. The molecule has 3 heterocycles. The fourth-order valence-electron chi connectivity index (χ4n) is 5.01. The number of H-pyrrole nitrogens is 1. The summed E-state index contributed by atoms with van der Waals surface area (Å²) in [7, 11) is 0. The van der Waals surface area contributed by atoms with Gasteiger partial charge in [-0.05, 0) is 78.7 Å². The minimum absolute atomic E-state index is 0.0577. The Labute approximate surface area is 218 Å². The number of likely N-dealkylation sites (tertiary alicyclic amines) is 1. The predicted octanol–water partition coefficient (Wildman–Crippen LogP) is 6.39. The van der Waals surface area contributed by atoms with Crippen LogP contribution in [0.25, 0.3) is 21.9 Å². The van der Waals surface area contributed by atoms with Crippen molar-refractivity contribution in [1.29, 1.82) is 0 Å². The number of rotatable bonds is 8. The van der Waals surface area contributed by atoms with E-state index in [1.54, 1.807) is 0 Å². The van der Waals surface area contributed by atoms with Crippen molar-refractivity contribution in [2.24, 2.45) is 5.92 Å². The van der Waals surface area contributed by atoms with Crippen molar-refractivity contribution in [3.63, 3.8) is 0 Å². The zero-order valence-electron chi connectivity index (χ0n) is 22.4.